The largest absolute Gasteiger partial charge is 0.366 e. The van der Waals surface area contributed by atoms with E-state index in [-0.39, 0.29) is 11.6 Å². The molecule has 2 aromatic rings. The standard InChI is InChI=1S/C14H17FN4O/c1-2-11(16)6-9-4-3-5-12(15)13(9)19-8-10(7-18-19)14(17)20/h3-5,7-8,11H,2,6,16H2,1H3,(H2,17,20). The van der Waals surface area contributed by atoms with Crippen LogP contribution in [-0.2, 0) is 6.42 Å². The third-order valence-electron chi connectivity index (χ3n) is 3.17. The molecule has 4 N–H and O–H groups in total. The van der Waals surface area contributed by atoms with Crippen molar-refractivity contribution in [1.82, 2.24) is 9.78 Å². The molecule has 20 heavy (non-hydrogen) atoms. The first-order valence-electron chi connectivity index (χ1n) is 6.40. The van der Waals surface area contributed by atoms with Gasteiger partial charge in [0.2, 0.25) is 0 Å². The van der Waals surface area contributed by atoms with Crippen LogP contribution in [0.1, 0.15) is 29.3 Å². The van der Waals surface area contributed by atoms with E-state index in [0.29, 0.717) is 12.1 Å². The lowest BCUT2D eigenvalue weighted by Crippen LogP contribution is -2.22. The molecule has 106 valence electrons. The molecule has 0 aliphatic rings. The van der Waals surface area contributed by atoms with Crippen LogP contribution in [0.15, 0.2) is 30.6 Å². The molecular formula is C14H17FN4O. The monoisotopic (exact) mass is 276 g/mol. The van der Waals surface area contributed by atoms with Crippen molar-refractivity contribution in [2.24, 2.45) is 11.5 Å². The van der Waals surface area contributed by atoms with Crippen LogP contribution < -0.4 is 11.5 Å². The molecule has 1 unspecified atom stereocenters. The second-order valence-corrected chi connectivity index (χ2v) is 4.66. The first-order valence-corrected chi connectivity index (χ1v) is 6.40. The maximum Gasteiger partial charge on any atom is 0.251 e. The molecular weight excluding hydrogens is 259 g/mol. The van der Waals surface area contributed by atoms with Gasteiger partial charge >= 0.3 is 0 Å². The first-order chi connectivity index (χ1) is 9.52. The number of primary amides is 1. The van der Waals surface area contributed by atoms with E-state index in [9.17, 15) is 9.18 Å². The molecule has 1 amide bonds. The molecule has 0 fully saturated rings. The Morgan fingerprint density at radius 2 is 2.25 bits per heavy atom. The molecule has 0 bridgehead atoms. The average Bonchev–Trinajstić information content (AvgIpc) is 2.88. The fourth-order valence-corrected chi connectivity index (χ4v) is 1.98. The van der Waals surface area contributed by atoms with Gasteiger partial charge in [0.1, 0.15) is 11.5 Å². The van der Waals surface area contributed by atoms with Crippen molar-refractivity contribution in [2.45, 2.75) is 25.8 Å². The number of aromatic nitrogens is 2. The summed E-state index contributed by atoms with van der Waals surface area (Å²) in [5.41, 5.74) is 12.4. The lowest BCUT2D eigenvalue weighted by molar-refractivity contribution is 0.100. The van der Waals surface area contributed by atoms with Crippen LogP contribution in [0, 0.1) is 5.82 Å². The number of hydrogen-bond acceptors (Lipinski definition) is 3. The maximum atomic E-state index is 14.1. The molecule has 1 heterocycles. The normalized spacial score (nSPS) is 12.3. The molecule has 6 heteroatoms. The topological polar surface area (TPSA) is 86.9 Å². The number of halogens is 1. The summed E-state index contributed by atoms with van der Waals surface area (Å²) in [6.07, 6.45) is 4.07. The third-order valence-corrected chi connectivity index (χ3v) is 3.17. The van der Waals surface area contributed by atoms with E-state index in [0.717, 1.165) is 12.0 Å². The Labute approximate surface area is 116 Å². The number of carbonyl (C=O) groups is 1. The summed E-state index contributed by atoms with van der Waals surface area (Å²) in [4.78, 5) is 11.1. The van der Waals surface area contributed by atoms with Crippen LogP contribution in [0.4, 0.5) is 4.39 Å². The Morgan fingerprint density at radius 1 is 1.50 bits per heavy atom. The summed E-state index contributed by atoms with van der Waals surface area (Å²) in [5.74, 6) is -1.01. The van der Waals surface area contributed by atoms with Crippen molar-refractivity contribution < 1.29 is 9.18 Å². The van der Waals surface area contributed by atoms with Crippen LogP contribution >= 0.6 is 0 Å². The van der Waals surface area contributed by atoms with Gasteiger partial charge in [-0.1, -0.05) is 19.1 Å². The van der Waals surface area contributed by atoms with E-state index in [1.165, 1.54) is 23.1 Å². The quantitative estimate of drug-likeness (QED) is 0.865. The molecule has 1 aromatic carbocycles. The summed E-state index contributed by atoms with van der Waals surface area (Å²) in [5, 5.41) is 4.00. The van der Waals surface area contributed by atoms with Crippen molar-refractivity contribution in [2.75, 3.05) is 0 Å². The SMILES string of the molecule is CCC(N)Cc1cccc(F)c1-n1cc(C(N)=O)cn1. The summed E-state index contributed by atoms with van der Waals surface area (Å²) in [7, 11) is 0. The first kappa shape index (κ1) is 14.2. The second-order valence-electron chi connectivity index (χ2n) is 4.66. The highest BCUT2D eigenvalue weighted by Gasteiger charge is 2.15. The molecule has 0 saturated carbocycles. The van der Waals surface area contributed by atoms with Crippen molar-refractivity contribution >= 4 is 5.91 Å². The second kappa shape index (κ2) is 5.83. The van der Waals surface area contributed by atoms with Gasteiger partial charge in [-0.05, 0) is 24.5 Å². The molecule has 0 aliphatic heterocycles. The van der Waals surface area contributed by atoms with Gasteiger partial charge in [0.05, 0.1) is 11.8 Å². The zero-order chi connectivity index (χ0) is 14.7. The van der Waals surface area contributed by atoms with E-state index in [1.54, 1.807) is 12.1 Å². The number of rotatable bonds is 5. The Bertz CT molecular complexity index is 623. The van der Waals surface area contributed by atoms with E-state index in [2.05, 4.69) is 5.10 Å². The van der Waals surface area contributed by atoms with Crippen LogP contribution in [0.25, 0.3) is 5.69 Å². The third kappa shape index (κ3) is 2.85. The number of carbonyl (C=O) groups excluding carboxylic acids is 1. The minimum Gasteiger partial charge on any atom is -0.366 e. The van der Waals surface area contributed by atoms with Gasteiger partial charge in [-0.3, -0.25) is 4.79 Å². The smallest absolute Gasteiger partial charge is 0.251 e. The maximum absolute atomic E-state index is 14.1. The van der Waals surface area contributed by atoms with Gasteiger partial charge in [0, 0.05) is 12.2 Å². The van der Waals surface area contributed by atoms with Gasteiger partial charge < -0.3 is 11.5 Å². The predicted molar refractivity (Wildman–Crippen MR) is 74.0 cm³/mol. The van der Waals surface area contributed by atoms with E-state index < -0.39 is 11.7 Å². The van der Waals surface area contributed by atoms with Crippen LogP contribution in [0.2, 0.25) is 0 Å². The molecule has 2 rings (SSSR count). The van der Waals surface area contributed by atoms with Gasteiger partial charge in [-0.15, -0.1) is 0 Å². The molecule has 1 atom stereocenters. The van der Waals surface area contributed by atoms with E-state index in [4.69, 9.17) is 11.5 Å². The fourth-order valence-electron chi connectivity index (χ4n) is 1.98. The number of amides is 1. The zero-order valence-electron chi connectivity index (χ0n) is 11.2. The Balaban J connectivity index is 2.45. The molecule has 0 aliphatic carbocycles. The van der Waals surface area contributed by atoms with Crippen LogP contribution in [0.5, 0.6) is 0 Å². The molecule has 0 radical (unpaired) electrons. The van der Waals surface area contributed by atoms with E-state index in [1.807, 2.05) is 6.92 Å². The van der Waals surface area contributed by atoms with Crippen molar-refractivity contribution in [3.05, 3.63) is 47.5 Å². The van der Waals surface area contributed by atoms with Crippen molar-refractivity contribution in [3.8, 4) is 5.69 Å². The van der Waals surface area contributed by atoms with Gasteiger partial charge in [0.25, 0.3) is 5.91 Å². The molecule has 1 aromatic heterocycles. The lowest BCUT2D eigenvalue weighted by atomic mass is 10.0. The highest BCUT2D eigenvalue weighted by atomic mass is 19.1. The van der Waals surface area contributed by atoms with Gasteiger partial charge in [0.15, 0.2) is 0 Å². The Kier molecular flexibility index (Phi) is 4.14. The summed E-state index contributed by atoms with van der Waals surface area (Å²) in [6.45, 7) is 1.97. The van der Waals surface area contributed by atoms with Gasteiger partial charge in [-0.2, -0.15) is 5.10 Å². The molecule has 0 spiro atoms. The number of nitrogens with zero attached hydrogens (tertiary/aromatic N) is 2. The Morgan fingerprint density at radius 3 is 2.85 bits per heavy atom. The number of benzene rings is 1. The lowest BCUT2D eigenvalue weighted by Gasteiger charge is -2.14. The van der Waals surface area contributed by atoms with Gasteiger partial charge in [-0.25, -0.2) is 9.07 Å². The van der Waals surface area contributed by atoms with Crippen LogP contribution in [0.3, 0.4) is 0 Å². The summed E-state index contributed by atoms with van der Waals surface area (Å²) in [6, 6.07) is 4.73. The van der Waals surface area contributed by atoms with Crippen LogP contribution in [-0.4, -0.2) is 21.7 Å². The summed E-state index contributed by atoms with van der Waals surface area (Å²) < 4.78 is 15.4. The number of nitrogens with two attached hydrogens (primary N) is 2. The zero-order valence-corrected chi connectivity index (χ0v) is 11.2. The number of para-hydroxylation sites is 1. The molecule has 0 saturated heterocycles. The van der Waals surface area contributed by atoms with E-state index >= 15 is 0 Å². The fraction of sp³-hybridized carbons (Fsp3) is 0.286. The average molecular weight is 276 g/mol. The Hall–Kier alpha value is -2.21. The summed E-state index contributed by atoms with van der Waals surface area (Å²) >= 11 is 0. The van der Waals surface area contributed by atoms with Crippen molar-refractivity contribution in [1.29, 1.82) is 0 Å². The minimum atomic E-state index is -0.598. The number of hydrogen-bond donors (Lipinski definition) is 2. The van der Waals surface area contributed by atoms with Crippen molar-refractivity contribution in [3.63, 3.8) is 0 Å². The predicted octanol–water partition coefficient (Wildman–Crippen LogP) is 1.39. The highest BCUT2D eigenvalue weighted by Crippen LogP contribution is 2.20. The molecule has 5 nitrogen and oxygen atoms in total. The minimum absolute atomic E-state index is 0.0540. The highest BCUT2D eigenvalue weighted by molar-refractivity contribution is 5.92.